The van der Waals surface area contributed by atoms with Crippen molar-refractivity contribution in [1.82, 2.24) is 23.1 Å². The normalized spacial score (nSPS) is 11.7. The third-order valence-electron chi connectivity index (χ3n) is 5.19. The van der Waals surface area contributed by atoms with Crippen LogP contribution in [0.15, 0.2) is 40.1 Å². The van der Waals surface area contributed by atoms with E-state index in [9.17, 15) is 9.59 Å². The average Bonchev–Trinajstić information content (AvgIpc) is 3.18. The third-order valence-corrected chi connectivity index (χ3v) is 5.19. The molecule has 0 atom stereocenters. The molecule has 3 heterocycles. The van der Waals surface area contributed by atoms with Crippen molar-refractivity contribution in [2.24, 2.45) is 7.05 Å². The van der Waals surface area contributed by atoms with E-state index in [1.165, 1.54) is 9.13 Å². The summed E-state index contributed by atoms with van der Waals surface area (Å²) in [6, 6.07) is 7.50. The summed E-state index contributed by atoms with van der Waals surface area (Å²) in [6.45, 7) is 4.44. The van der Waals surface area contributed by atoms with Crippen LogP contribution in [0.25, 0.3) is 22.6 Å². The van der Waals surface area contributed by atoms with Gasteiger partial charge in [-0.15, -0.1) is 0 Å². The minimum absolute atomic E-state index is 0.306. The lowest BCUT2D eigenvalue weighted by molar-refractivity contribution is 0.550. The molecule has 0 saturated carbocycles. The Kier molecular flexibility index (Phi) is 4.33. The van der Waals surface area contributed by atoms with Gasteiger partial charge in [0, 0.05) is 25.5 Å². The molecule has 0 amide bonds. The molecule has 0 unspecified atom stereocenters. The second-order valence-corrected chi connectivity index (χ2v) is 7.12. The van der Waals surface area contributed by atoms with Gasteiger partial charge in [0.2, 0.25) is 5.78 Å². The summed E-state index contributed by atoms with van der Waals surface area (Å²) in [5.41, 5.74) is 8.60. The maximum Gasteiger partial charge on any atom is 0.332 e. The summed E-state index contributed by atoms with van der Waals surface area (Å²) in [4.78, 5) is 30.5. The Morgan fingerprint density at radius 3 is 2.61 bits per heavy atom. The predicted molar refractivity (Wildman–Crippen MR) is 110 cm³/mol. The van der Waals surface area contributed by atoms with Gasteiger partial charge >= 0.3 is 5.69 Å². The molecule has 0 fully saturated rings. The number of unbranched alkanes of at least 4 members (excludes halogenated alkanes) is 2. The second-order valence-electron chi connectivity index (χ2n) is 7.12. The number of nitrogens with zero attached hydrogens (tertiary/aromatic N) is 5. The zero-order valence-electron chi connectivity index (χ0n) is 16.3. The Morgan fingerprint density at radius 2 is 1.89 bits per heavy atom. The first-order valence-electron chi connectivity index (χ1n) is 9.50. The number of benzene rings is 1. The molecular weight excluding hydrogens is 356 g/mol. The number of hydrogen-bond acceptors (Lipinski definition) is 4. The minimum Gasteiger partial charge on any atom is -0.397 e. The molecule has 8 heteroatoms. The Morgan fingerprint density at radius 1 is 1.14 bits per heavy atom. The lowest BCUT2D eigenvalue weighted by atomic mass is 10.2. The van der Waals surface area contributed by atoms with Crippen molar-refractivity contribution in [3.05, 3.63) is 57.0 Å². The van der Waals surface area contributed by atoms with Gasteiger partial charge in [-0.1, -0.05) is 31.9 Å². The van der Waals surface area contributed by atoms with Crippen LogP contribution in [-0.2, 0) is 13.6 Å². The van der Waals surface area contributed by atoms with Crippen LogP contribution in [0.4, 0.5) is 5.69 Å². The van der Waals surface area contributed by atoms with Crippen molar-refractivity contribution < 1.29 is 0 Å². The van der Waals surface area contributed by atoms with Gasteiger partial charge in [0.25, 0.3) is 5.56 Å². The second kappa shape index (κ2) is 6.70. The van der Waals surface area contributed by atoms with E-state index >= 15 is 0 Å². The number of imidazole rings is 2. The summed E-state index contributed by atoms with van der Waals surface area (Å²) in [6.07, 6.45) is 4.64. The molecule has 2 N–H and O–H groups in total. The summed E-state index contributed by atoms with van der Waals surface area (Å²) < 4.78 is 6.43. The van der Waals surface area contributed by atoms with Gasteiger partial charge in [-0.2, -0.15) is 4.98 Å². The molecule has 0 bridgehead atoms. The molecule has 0 aliphatic heterocycles. The largest absolute Gasteiger partial charge is 0.397 e. The van der Waals surface area contributed by atoms with E-state index in [0.29, 0.717) is 29.2 Å². The van der Waals surface area contributed by atoms with Crippen molar-refractivity contribution in [3.8, 4) is 5.69 Å². The molecule has 3 aromatic heterocycles. The monoisotopic (exact) mass is 380 g/mol. The Labute approximate surface area is 161 Å². The predicted octanol–water partition coefficient (Wildman–Crippen LogP) is 2.22. The summed E-state index contributed by atoms with van der Waals surface area (Å²) in [5, 5.41) is 0. The molecule has 0 aliphatic rings. The Bertz CT molecular complexity index is 1300. The lowest BCUT2D eigenvalue weighted by Crippen LogP contribution is -2.39. The highest BCUT2D eigenvalue weighted by Gasteiger charge is 2.21. The summed E-state index contributed by atoms with van der Waals surface area (Å²) in [5.74, 6) is 0.559. The SMILES string of the molecule is CCCCCn1c(=O)c2c(nc3n(-c4ccccc4N)c(C)cn23)n(C)c1=O. The molecule has 1 aromatic carbocycles. The molecule has 0 radical (unpaired) electrons. The highest BCUT2D eigenvalue weighted by molar-refractivity contribution is 5.77. The maximum absolute atomic E-state index is 13.1. The number of para-hydroxylation sites is 2. The highest BCUT2D eigenvalue weighted by Crippen LogP contribution is 2.24. The van der Waals surface area contributed by atoms with Crippen LogP contribution in [0.5, 0.6) is 0 Å². The minimum atomic E-state index is -0.336. The Balaban J connectivity index is 2.04. The Hall–Kier alpha value is -3.29. The van der Waals surface area contributed by atoms with Crippen molar-refractivity contribution in [3.63, 3.8) is 0 Å². The maximum atomic E-state index is 13.1. The van der Waals surface area contributed by atoms with Gasteiger partial charge in [0.15, 0.2) is 11.2 Å². The van der Waals surface area contributed by atoms with Crippen LogP contribution in [0, 0.1) is 6.92 Å². The van der Waals surface area contributed by atoms with Crippen LogP contribution >= 0.6 is 0 Å². The number of anilines is 1. The highest BCUT2D eigenvalue weighted by atomic mass is 16.2. The van der Waals surface area contributed by atoms with Gasteiger partial charge in [-0.25, -0.2) is 4.79 Å². The van der Waals surface area contributed by atoms with Gasteiger partial charge in [0.1, 0.15) is 0 Å². The molecule has 0 aliphatic carbocycles. The van der Waals surface area contributed by atoms with Crippen LogP contribution in [-0.4, -0.2) is 23.1 Å². The lowest BCUT2D eigenvalue weighted by Gasteiger charge is -2.08. The number of rotatable bonds is 5. The summed E-state index contributed by atoms with van der Waals surface area (Å²) >= 11 is 0. The zero-order chi connectivity index (χ0) is 20.0. The number of fused-ring (bicyclic) bond motifs is 3. The molecule has 4 aromatic rings. The van der Waals surface area contributed by atoms with Gasteiger partial charge in [0.05, 0.1) is 11.4 Å². The topological polar surface area (TPSA) is 92.2 Å². The van der Waals surface area contributed by atoms with Crippen molar-refractivity contribution in [2.75, 3.05) is 5.73 Å². The van der Waals surface area contributed by atoms with E-state index in [2.05, 4.69) is 11.9 Å². The van der Waals surface area contributed by atoms with Gasteiger partial charge in [-0.3, -0.25) is 22.9 Å². The van der Waals surface area contributed by atoms with Crippen LogP contribution in [0.3, 0.4) is 0 Å². The van der Waals surface area contributed by atoms with Crippen LogP contribution in [0.1, 0.15) is 31.9 Å². The average molecular weight is 380 g/mol. The van der Waals surface area contributed by atoms with Crippen molar-refractivity contribution >= 4 is 22.6 Å². The van der Waals surface area contributed by atoms with E-state index in [1.807, 2.05) is 42.0 Å². The number of nitrogen functional groups attached to an aromatic ring is 1. The van der Waals surface area contributed by atoms with Crippen LogP contribution in [0.2, 0.25) is 0 Å². The first-order valence-corrected chi connectivity index (χ1v) is 9.50. The van der Waals surface area contributed by atoms with E-state index in [1.54, 1.807) is 11.4 Å². The molecule has 0 spiro atoms. The van der Waals surface area contributed by atoms with Crippen molar-refractivity contribution in [1.29, 1.82) is 0 Å². The fourth-order valence-electron chi connectivity index (χ4n) is 3.72. The number of hydrogen-bond donors (Lipinski definition) is 1. The summed E-state index contributed by atoms with van der Waals surface area (Å²) in [7, 11) is 1.65. The number of aryl methyl sites for hydroxylation is 2. The van der Waals surface area contributed by atoms with Crippen molar-refractivity contribution in [2.45, 2.75) is 39.7 Å². The number of aromatic nitrogens is 5. The van der Waals surface area contributed by atoms with Crippen LogP contribution < -0.4 is 17.0 Å². The first-order chi connectivity index (χ1) is 13.5. The fourth-order valence-corrected chi connectivity index (χ4v) is 3.72. The van der Waals surface area contributed by atoms with E-state index in [0.717, 1.165) is 30.6 Å². The zero-order valence-corrected chi connectivity index (χ0v) is 16.3. The molecular formula is C20H24N6O2. The molecule has 4 rings (SSSR count). The van der Waals surface area contributed by atoms with E-state index in [-0.39, 0.29) is 11.2 Å². The van der Waals surface area contributed by atoms with Gasteiger partial charge < -0.3 is 5.73 Å². The molecule has 28 heavy (non-hydrogen) atoms. The smallest absolute Gasteiger partial charge is 0.332 e. The fraction of sp³-hybridized carbons (Fsp3) is 0.350. The molecule has 8 nitrogen and oxygen atoms in total. The number of nitrogens with two attached hydrogens (primary N) is 1. The third kappa shape index (κ3) is 2.56. The molecule has 146 valence electrons. The first kappa shape index (κ1) is 18.1. The standard InChI is InChI=1S/C20H24N6O2/c1-4-5-8-11-24-18(27)16-17(23(3)20(24)28)22-19-25(16)12-13(2)26(19)15-10-7-6-9-14(15)21/h6-7,9-10,12H,4-5,8,11,21H2,1-3H3. The van der Waals surface area contributed by atoms with Gasteiger partial charge in [-0.05, 0) is 25.5 Å². The quantitative estimate of drug-likeness (QED) is 0.424. The van der Waals surface area contributed by atoms with E-state index < -0.39 is 0 Å². The molecule has 0 saturated heterocycles. The van der Waals surface area contributed by atoms with E-state index in [4.69, 9.17) is 5.73 Å².